The van der Waals surface area contributed by atoms with E-state index in [9.17, 15) is 8.42 Å². The summed E-state index contributed by atoms with van der Waals surface area (Å²) >= 11 is 18.6. The van der Waals surface area contributed by atoms with Crippen LogP contribution in [0.4, 0.5) is 0 Å². The van der Waals surface area contributed by atoms with Crippen LogP contribution in [0.25, 0.3) is 0 Å². The van der Waals surface area contributed by atoms with E-state index in [2.05, 4.69) is 4.98 Å². The molecule has 1 heterocycles. The number of hydrogen-bond donors (Lipinski definition) is 0. The highest BCUT2D eigenvalue weighted by Gasteiger charge is 2.42. The molecule has 2 rings (SSSR count). The minimum absolute atomic E-state index is 0.0952. The molecule has 118 valence electrons. The molecule has 11 heteroatoms. The first-order chi connectivity index (χ1) is 10.6. The summed E-state index contributed by atoms with van der Waals surface area (Å²) in [5.74, 6) is 0.123. The first-order valence-corrected chi connectivity index (χ1v) is 9.61. The minimum atomic E-state index is -4.30. The van der Waals surface area contributed by atoms with Crippen LogP contribution in [0.5, 0.6) is 5.75 Å². The van der Waals surface area contributed by atoms with E-state index in [0.29, 0.717) is 0 Å². The third-order valence-electron chi connectivity index (χ3n) is 2.88. The lowest BCUT2D eigenvalue weighted by atomic mass is 9.65. The zero-order valence-corrected chi connectivity index (χ0v) is 15.6. The topological polar surface area (TPSA) is 56.3 Å². The second kappa shape index (κ2) is 6.84. The lowest BCUT2D eigenvalue weighted by molar-refractivity contribution is 0.336. The van der Waals surface area contributed by atoms with Crippen LogP contribution >= 0.6 is 46.1 Å². The molecule has 0 aliphatic rings. The molecule has 2 aromatic rings. The molecule has 4 radical (unpaired) electrons. The summed E-state index contributed by atoms with van der Waals surface area (Å²) in [4.78, 5) is 3.73. The van der Waals surface area contributed by atoms with Gasteiger partial charge in [-0.1, -0.05) is 46.1 Å². The summed E-state index contributed by atoms with van der Waals surface area (Å²) in [5.41, 5.74) is -0.139. The molecule has 1 aromatic carbocycles. The van der Waals surface area contributed by atoms with Crippen molar-refractivity contribution in [2.75, 3.05) is 6.61 Å². The van der Waals surface area contributed by atoms with Gasteiger partial charge in [0.2, 0.25) is 4.34 Å². The van der Waals surface area contributed by atoms with Gasteiger partial charge in [0.1, 0.15) is 10.1 Å². The summed E-state index contributed by atoms with van der Waals surface area (Å²) in [6.45, 7) is 1.97. The van der Waals surface area contributed by atoms with E-state index in [1.54, 1.807) is 6.92 Å². The number of halogens is 3. The number of ether oxygens (including phenoxy) is 1. The Kier molecular flexibility index (Phi) is 5.63. The third-order valence-corrected chi connectivity index (χ3v) is 7.16. The van der Waals surface area contributed by atoms with Crippen molar-refractivity contribution in [3.05, 3.63) is 38.3 Å². The molecule has 0 saturated carbocycles. The van der Waals surface area contributed by atoms with Gasteiger partial charge in [-0.05, 0) is 19.1 Å². The zero-order valence-electron chi connectivity index (χ0n) is 11.7. The lowest BCUT2D eigenvalue weighted by Crippen LogP contribution is -2.38. The Balaban J connectivity index is 2.70. The highest BCUT2D eigenvalue weighted by molar-refractivity contribution is 7.96. The van der Waals surface area contributed by atoms with Crippen LogP contribution in [-0.4, -0.2) is 35.7 Å². The van der Waals surface area contributed by atoms with E-state index < -0.39 is 14.4 Å². The molecule has 0 atom stereocenters. The summed E-state index contributed by atoms with van der Waals surface area (Å²) in [7, 11) is 7.60. The zero-order chi connectivity index (χ0) is 17.4. The number of nitrogens with zero attached hydrogens (tertiary/aromatic N) is 1. The van der Waals surface area contributed by atoms with Crippen LogP contribution in [-0.2, 0) is 14.4 Å². The lowest BCUT2D eigenvalue weighted by Gasteiger charge is -2.28. The molecular formula is C12H8B2Cl3NO3S2. The number of hydrogen-bond acceptors (Lipinski definition) is 5. The van der Waals surface area contributed by atoms with E-state index in [1.165, 1.54) is 18.3 Å². The van der Waals surface area contributed by atoms with Gasteiger partial charge in [-0.2, -0.15) is 0 Å². The molecule has 0 spiro atoms. The number of aromatic nitrogens is 1. The number of thiazole rings is 1. The van der Waals surface area contributed by atoms with Gasteiger partial charge in [-0.3, -0.25) is 0 Å². The monoisotopic (exact) mass is 405 g/mol. The Bertz CT molecular complexity index is 840. The Morgan fingerprint density at radius 2 is 1.96 bits per heavy atom. The van der Waals surface area contributed by atoms with Crippen molar-refractivity contribution in [3.8, 4) is 5.75 Å². The molecule has 0 aliphatic heterocycles. The van der Waals surface area contributed by atoms with Crippen molar-refractivity contribution in [1.29, 1.82) is 0 Å². The van der Waals surface area contributed by atoms with Crippen LogP contribution in [0.1, 0.15) is 12.5 Å². The molecule has 0 unspecified atom stereocenters. The van der Waals surface area contributed by atoms with Gasteiger partial charge < -0.3 is 4.74 Å². The SMILES string of the molecule is [B]C([B])(c1c(OCC)ccc(Cl)c1Cl)S(=O)(=O)c1ncc(Cl)s1. The first kappa shape index (κ1) is 18.9. The van der Waals surface area contributed by atoms with Crippen molar-refractivity contribution in [1.82, 2.24) is 4.98 Å². The highest BCUT2D eigenvalue weighted by Crippen LogP contribution is 2.43. The normalized spacial score (nSPS) is 12.3. The van der Waals surface area contributed by atoms with E-state index in [4.69, 9.17) is 55.2 Å². The number of benzene rings is 1. The Hall–Kier alpha value is -0.400. The fraction of sp³-hybridized carbons (Fsp3) is 0.250. The van der Waals surface area contributed by atoms with Gasteiger partial charge in [0.25, 0.3) is 0 Å². The molecule has 0 N–H and O–H groups in total. The summed E-state index contributed by atoms with van der Waals surface area (Å²) in [6.07, 6.45) is 1.19. The molecular weight excluding hydrogens is 398 g/mol. The van der Waals surface area contributed by atoms with Gasteiger partial charge in [-0.15, -0.1) is 0 Å². The summed E-state index contributed by atoms with van der Waals surface area (Å²) < 4.78 is 28.4. The Morgan fingerprint density at radius 3 is 2.48 bits per heavy atom. The molecule has 23 heavy (non-hydrogen) atoms. The third kappa shape index (κ3) is 3.37. The van der Waals surface area contributed by atoms with Crippen LogP contribution < -0.4 is 4.74 Å². The van der Waals surface area contributed by atoms with Crippen LogP contribution in [0.2, 0.25) is 14.4 Å². The molecule has 4 nitrogen and oxygen atoms in total. The highest BCUT2D eigenvalue weighted by atomic mass is 35.5. The first-order valence-electron chi connectivity index (χ1n) is 6.18. The summed E-state index contributed by atoms with van der Waals surface area (Å²) in [5, 5.41) is -0.00777. The number of sulfone groups is 1. The smallest absolute Gasteiger partial charge is 0.209 e. The van der Waals surface area contributed by atoms with Crippen molar-refractivity contribution in [3.63, 3.8) is 0 Å². The minimum Gasteiger partial charge on any atom is -0.494 e. The van der Waals surface area contributed by atoms with Gasteiger partial charge in [-0.25, -0.2) is 13.4 Å². The van der Waals surface area contributed by atoms with E-state index in [-0.39, 0.29) is 36.6 Å². The van der Waals surface area contributed by atoms with Crippen molar-refractivity contribution >= 4 is 71.7 Å². The van der Waals surface area contributed by atoms with Crippen molar-refractivity contribution in [2.45, 2.75) is 15.8 Å². The maximum Gasteiger partial charge on any atom is 0.209 e. The van der Waals surface area contributed by atoms with Crippen molar-refractivity contribution in [2.24, 2.45) is 0 Å². The predicted octanol–water partition coefficient (Wildman–Crippen LogP) is 3.42. The maximum absolute atomic E-state index is 12.8. The largest absolute Gasteiger partial charge is 0.494 e. The molecule has 0 bridgehead atoms. The molecule has 1 aromatic heterocycles. The Morgan fingerprint density at radius 1 is 1.30 bits per heavy atom. The van der Waals surface area contributed by atoms with Gasteiger partial charge in [0.05, 0.1) is 38.5 Å². The van der Waals surface area contributed by atoms with Crippen LogP contribution in [0.3, 0.4) is 0 Å². The second-order valence-corrected chi connectivity index (χ2v) is 9.17. The van der Waals surface area contributed by atoms with Crippen LogP contribution in [0.15, 0.2) is 22.7 Å². The average molecular weight is 406 g/mol. The maximum atomic E-state index is 12.8. The van der Waals surface area contributed by atoms with Gasteiger partial charge in [0, 0.05) is 10.1 Å². The molecule has 0 saturated heterocycles. The van der Waals surface area contributed by atoms with E-state index in [1.807, 2.05) is 0 Å². The standard InChI is InChI=1S/C12H8B2Cl3NO3S2/c1-2-21-7-4-3-6(15)10(17)9(7)12(13,14)23(19,20)11-18-5-8(16)22-11/h3-5H,2H2,1H3. The fourth-order valence-electron chi connectivity index (χ4n) is 1.82. The van der Waals surface area contributed by atoms with Crippen LogP contribution in [0, 0.1) is 0 Å². The molecule has 0 aliphatic carbocycles. The molecule has 0 fully saturated rings. The Labute approximate surface area is 155 Å². The number of rotatable bonds is 5. The molecule has 0 amide bonds. The van der Waals surface area contributed by atoms with E-state index in [0.717, 1.165) is 11.3 Å². The van der Waals surface area contributed by atoms with E-state index >= 15 is 0 Å². The quantitative estimate of drug-likeness (QED) is 0.714. The van der Waals surface area contributed by atoms with Crippen molar-refractivity contribution < 1.29 is 13.2 Å². The predicted molar refractivity (Wildman–Crippen MR) is 95.1 cm³/mol. The average Bonchev–Trinajstić information content (AvgIpc) is 2.90. The summed E-state index contributed by atoms with van der Waals surface area (Å²) in [6, 6.07) is 2.91. The van der Waals surface area contributed by atoms with Gasteiger partial charge in [0.15, 0.2) is 9.84 Å². The second-order valence-electron chi connectivity index (χ2n) is 4.39. The van der Waals surface area contributed by atoms with Gasteiger partial charge >= 0.3 is 0 Å². The fourth-order valence-corrected chi connectivity index (χ4v) is 5.20.